The fourth-order valence-corrected chi connectivity index (χ4v) is 3.60. The van der Waals surface area contributed by atoms with Crippen molar-refractivity contribution in [1.29, 1.82) is 0 Å². The van der Waals surface area contributed by atoms with Crippen LogP contribution in [0.5, 0.6) is 0 Å². The highest BCUT2D eigenvalue weighted by Gasteiger charge is 2.41. The number of hydrogen-bond acceptors (Lipinski definition) is 3. The van der Waals surface area contributed by atoms with Gasteiger partial charge in [-0.15, -0.1) is 0 Å². The summed E-state index contributed by atoms with van der Waals surface area (Å²) in [6.45, 7) is 5.28. The first-order chi connectivity index (χ1) is 12.1. The Hall–Kier alpha value is -1.66. The van der Waals surface area contributed by atoms with Crippen molar-refractivity contribution in [2.24, 2.45) is 4.99 Å². The largest absolute Gasteiger partial charge is 0.373 e. The molecule has 2 aliphatic rings. The van der Waals surface area contributed by atoms with Crippen LogP contribution < -0.4 is 10.6 Å². The van der Waals surface area contributed by atoms with E-state index < -0.39 is 0 Å². The lowest BCUT2D eigenvalue weighted by Gasteiger charge is -2.23. The van der Waals surface area contributed by atoms with Crippen molar-refractivity contribution in [1.82, 2.24) is 15.5 Å². The number of nitrogens with one attached hydrogen (secondary N) is 2. The maximum atomic E-state index is 13.0. The van der Waals surface area contributed by atoms with E-state index in [-0.39, 0.29) is 5.82 Å². The molecule has 138 valence electrons. The minimum absolute atomic E-state index is 0.193. The number of nitrogens with zero attached hydrogens (tertiary/aromatic N) is 2. The van der Waals surface area contributed by atoms with Crippen LogP contribution in [0.15, 0.2) is 29.3 Å². The van der Waals surface area contributed by atoms with E-state index in [1.165, 1.54) is 18.6 Å². The molecule has 2 bridgehead atoms. The summed E-state index contributed by atoms with van der Waals surface area (Å²) in [5.74, 6) is 0.681. The first-order valence-corrected chi connectivity index (χ1v) is 9.27. The topological polar surface area (TPSA) is 48.9 Å². The van der Waals surface area contributed by atoms with Crippen LogP contribution in [0.1, 0.15) is 31.7 Å². The molecule has 6 heteroatoms. The second-order valence-corrected chi connectivity index (χ2v) is 6.99. The molecular weight excluding hydrogens is 319 g/mol. The maximum absolute atomic E-state index is 13.0. The predicted octanol–water partition coefficient (Wildman–Crippen LogP) is 2.13. The number of rotatable bonds is 7. The van der Waals surface area contributed by atoms with E-state index in [0.29, 0.717) is 24.8 Å². The summed E-state index contributed by atoms with van der Waals surface area (Å²) in [6, 6.07) is 7.05. The summed E-state index contributed by atoms with van der Waals surface area (Å²) in [5.41, 5.74) is 1.11. The molecule has 3 atom stereocenters. The summed E-state index contributed by atoms with van der Waals surface area (Å²) >= 11 is 0. The van der Waals surface area contributed by atoms with E-state index in [2.05, 4.69) is 29.5 Å². The minimum atomic E-state index is -0.193. The van der Waals surface area contributed by atoms with Crippen LogP contribution >= 0.6 is 0 Å². The molecule has 0 spiro atoms. The van der Waals surface area contributed by atoms with Gasteiger partial charge < -0.3 is 20.3 Å². The number of aliphatic imine (C=N–C) groups is 1. The van der Waals surface area contributed by atoms with Gasteiger partial charge in [0.1, 0.15) is 5.82 Å². The maximum Gasteiger partial charge on any atom is 0.191 e. The molecule has 0 radical (unpaired) electrons. The lowest BCUT2D eigenvalue weighted by molar-refractivity contribution is 0.0992. The minimum Gasteiger partial charge on any atom is -0.373 e. The van der Waals surface area contributed by atoms with Crippen molar-refractivity contribution in [3.63, 3.8) is 0 Å². The molecule has 3 unspecified atom stereocenters. The van der Waals surface area contributed by atoms with Crippen LogP contribution in [0.3, 0.4) is 0 Å². The average molecular weight is 348 g/mol. The third-order valence-corrected chi connectivity index (χ3v) is 4.89. The van der Waals surface area contributed by atoms with Crippen LogP contribution in [0.4, 0.5) is 4.39 Å². The number of benzene rings is 1. The van der Waals surface area contributed by atoms with Gasteiger partial charge >= 0.3 is 0 Å². The van der Waals surface area contributed by atoms with Gasteiger partial charge in [-0.25, -0.2) is 4.39 Å². The summed E-state index contributed by atoms with van der Waals surface area (Å²) in [4.78, 5) is 6.89. The molecule has 2 fully saturated rings. The third-order valence-electron chi connectivity index (χ3n) is 4.89. The van der Waals surface area contributed by atoms with Gasteiger partial charge in [0.25, 0.3) is 0 Å². The molecule has 0 aromatic heterocycles. The fourth-order valence-electron chi connectivity index (χ4n) is 3.60. The second kappa shape index (κ2) is 8.63. The Balaban J connectivity index is 1.45. The Labute approximate surface area is 149 Å². The molecule has 0 aliphatic carbocycles. The number of halogens is 1. The van der Waals surface area contributed by atoms with Crippen molar-refractivity contribution in [3.05, 3.63) is 35.6 Å². The quantitative estimate of drug-likeness (QED) is 0.585. The van der Waals surface area contributed by atoms with Gasteiger partial charge in [0.2, 0.25) is 0 Å². The molecule has 0 amide bonds. The summed E-state index contributed by atoms with van der Waals surface area (Å²) in [7, 11) is 2.06. The Morgan fingerprint density at radius 3 is 2.76 bits per heavy atom. The van der Waals surface area contributed by atoms with E-state index in [1.807, 2.05) is 12.1 Å². The SMILES string of the molecule is CCNC(=NCCN(C)Cc1ccc(F)cc1)NC1CC2CCC1O2. The molecule has 2 N–H and O–H groups in total. The zero-order valence-corrected chi connectivity index (χ0v) is 15.2. The van der Waals surface area contributed by atoms with Crippen LogP contribution in [0, 0.1) is 5.82 Å². The molecule has 3 rings (SSSR count). The van der Waals surface area contributed by atoms with Gasteiger partial charge in [-0.2, -0.15) is 0 Å². The van der Waals surface area contributed by atoms with Gasteiger partial charge in [0.15, 0.2) is 5.96 Å². The lowest BCUT2D eigenvalue weighted by atomic mass is 9.96. The van der Waals surface area contributed by atoms with Crippen LogP contribution in [0.2, 0.25) is 0 Å². The van der Waals surface area contributed by atoms with Gasteiger partial charge in [-0.1, -0.05) is 12.1 Å². The standard InChI is InChI=1S/C19H29FN4O/c1-3-21-19(23-17-12-16-8-9-18(17)25-16)22-10-11-24(2)13-14-4-6-15(20)7-5-14/h4-7,16-18H,3,8-13H2,1-2H3,(H2,21,22,23). The molecule has 1 aromatic rings. The van der Waals surface area contributed by atoms with E-state index in [0.717, 1.165) is 44.0 Å². The molecular formula is C19H29FN4O. The molecule has 5 nitrogen and oxygen atoms in total. The van der Waals surface area contributed by atoms with Crippen molar-refractivity contribution in [3.8, 4) is 0 Å². The monoisotopic (exact) mass is 348 g/mol. The molecule has 25 heavy (non-hydrogen) atoms. The number of guanidine groups is 1. The number of ether oxygens (including phenoxy) is 1. The fraction of sp³-hybridized carbons (Fsp3) is 0.632. The Morgan fingerprint density at radius 1 is 1.32 bits per heavy atom. The van der Waals surface area contributed by atoms with Crippen molar-refractivity contribution in [2.45, 2.75) is 51.0 Å². The molecule has 0 saturated carbocycles. The van der Waals surface area contributed by atoms with E-state index in [1.54, 1.807) is 0 Å². The van der Waals surface area contributed by atoms with Crippen LogP contribution in [-0.2, 0) is 11.3 Å². The molecule has 1 aromatic carbocycles. The van der Waals surface area contributed by atoms with Crippen LogP contribution in [-0.4, -0.2) is 55.8 Å². The van der Waals surface area contributed by atoms with E-state index in [4.69, 9.17) is 9.73 Å². The zero-order chi connectivity index (χ0) is 17.6. The summed E-state index contributed by atoms with van der Waals surface area (Å²) in [5, 5.41) is 6.85. The normalized spacial score (nSPS) is 25.6. The smallest absolute Gasteiger partial charge is 0.191 e. The molecule has 2 aliphatic heterocycles. The summed E-state index contributed by atoms with van der Waals surface area (Å²) in [6.07, 6.45) is 4.22. The lowest BCUT2D eigenvalue weighted by Crippen LogP contribution is -2.47. The number of likely N-dealkylation sites (N-methyl/N-ethyl adjacent to an activating group) is 1. The van der Waals surface area contributed by atoms with Gasteiger partial charge in [-0.3, -0.25) is 4.99 Å². The Bertz CT molecular complexity index is 577. The second-order valence-electron chi connectivity index (χ2n) is 6.99. The number of hydrogen-bond donors (Lipinski definition) is 2. The van der Waals surface area contributed by atoms with Crippen molar-refractivity contribution < 1.29 is 9.13 Å². The molecule has 2 saturated heterocycles. The summed E-state index contributed by atoms with van der Waals surface area (Å²) < 4.78 is 18.9. The number of fused-ring (bicyclic) bond motifs is 2. The van der Waals surface area contributed by atoms with Crippen molar-refractivity contribution in [2.75, 3.05) is 26.7 Å². The van der Waals surface area contributed by atoms with E-state index >= 15 is 0 Å². The predicted molar refractivity (Wildman–Crippen MR) is 98.1 cm³/mol. The zero-order valence-electron chi connectivity index (χ0n) is 15.2. The molecule has 2 heterocycles. The van der Waals surface area contributed by atoms with Gasteiger partial charge in [0, 0.05) is 19.6 Å². The highest BCUT2D eigenvalue weighted by molar-refractivity contribution is 5.80. The van der Waals surface area contributed by atoms with Gasteiger partial charge in [0.05, 0.1) is 24.8 Å². The van der Waals surface area contributed by atoms with Gasteiger partial charge in [-0.05, 0) is 50.9 Å². The van der Waals surface area contributed by atoms with Crippen LogP contribution in [0.25, 0.3) is 0 Å². The highest BCUT2D eigenvalue weighted by Crippen LogP contribution is 2.34. The first kappa shape index (κ1) is 18.1. The highest BCUT2D eigenvalue weighted by atomic mass is 19.1. The van der Waals surface area contributed by atoms with E-state index in [9.17, 15) is 4.39 Å². The first-order valence-electron chi connectivity index (χ1n) is 9.27. The third kappa shape index (κ3) is 5.16. The van der Waals surface area contributed by atoms with Crippen molar-refractivity contribution >= 4 is 5.96 Å². The Morgan fingerprint density at radius 2 is 2.12 bits per heavy atom. The Kier molecular flexibility index (Phi) is 6.26. The average Bonchev–Trinajstić information content (AvgIpc) is 3.20.